The van der Waals surface area contributed by atoms with Crippen molar-refractivity contribution in [3.8, 4) is 0 Å². The number of carbonyl (C=O) groups excluding carboxylic acids is 1. The number of amides is 1. The number of hydrogen-bond acceptors (Lipinski definition) is 4. The normalized spacial score (nSPS) is 25.4. The van der Waals surface area contributed by atoms with Gasteiger partial charge < -0.3 is 4.90 Å². The van der Waals surface area contributed by atoms with E-state index in [9.17, 15) is 13.2 Å². The summed E-state index contributed by atoms with van der Waals surface area (Å²) in [4.78, 5) is 18.6. The van der Waals surface area contributed by atoms with Crippen molar-refractivity contribution in [1.29, 1.82) is 0 Å². The molecule has 2 aromatic rings. The van der Waals surface area contributed by atoms with E-state index in [0.717, 1.165) is 0 Å². The molecular formula is C18H15ClN2O3S2. The molecule has 26 heavy (non-hydrogen) atoms. The first kappa shape index (κ1) is 17.6. The average Bonchev–Trinajstić information content (AvgIpc) is 3.07. The molecule has 2 saturated heterocycles. The summed E-state index contributed by atoms with van der Waals surface area (Å²) in [7, 11) is -3.11. The molecule has 2 fully saturated rings. The van der Waals surface area contributed by atoms with E-state index in [0.29, 0.717) is 21.4 Å². The van der Waals surface area contributed by atoms with Crippen LogP contribution >= 0.6 is 23.4 Å². The molecule has 5 nitrogen and oxygen atoms in total. The molecule has 0 unspecified atom stereocenters. The van der Waals surface area contributed by atoms with E-state index in [-0.39, 0.29) is 28.7 Å². The lowest BCUT2D eigenvalue weighted by molar-refractivity contribution is 0.100. The second kappa shape index (κ2) is 6.72. The largest absolute Gasteiger partial charge is 0.314 e. The third-order valence-electron chi connectivity index (χ3n) is 4.40. The van der Waals surface area contributed by atoms with Crippen molar-refractivity contribution < 1.29 is 13.2 Å². The van der Waals surface area contributed by atoms with Gasteiger partial charge in [-0.05, 0) is 24.3 Å². The van der Waals surface area contributed by atoms with Gasteiger partial charge in [0.2, 0.25) is 0 Å². The maximum absolute atomic E-state index is 12.5. The molecule has 0 aromatic heterocycles. The fraction of sp³-hybridized carbons (Fsp3) is 0.222. The number of fused-ring (bicyclic) bond motifs is 1. The number of hydrogen-bond donors (Lipinski definition) is 0. The highest BCUT2D eigenvalue weighted by atomic mass is 35.5. The lowest BCUT2D eigenvalue weighted by Crippen LogP contribution is -2.37. The van der Waals surface area contributed by atoms with E-state index in [1.165, 1.54) is 11.8 Å². The lowest BCUT2D eigenvalue weighted by atomic mass is 10.2. The average molecular weight is 407 g/mol. The Morgan fingerprint density at radius 1 is 1.08 bits per heavy atom. The molecule has 4 rings (SSSR count). The lowest BCUT2D eigenvalue weighted by Gasteiger charge is -2.25. The summed E-state index contributed by atoms with van der Waals surface area (Å²) >= 11 is 7.68. The van der Waals surface area contributed by atoms with Crippen LogP contribution in [0.15, 0.2) is 59.6 Å². The van der Waals surface area contributed by atoms with Crippen molar-refractivity contribution in [2.24, 2.45) is 4.99 Å². The van der Waals surface area contributed by atoms with Crippen molar-refractivity contribution >= 4 is 50.0 Å². The number of anilines is 1. The van der Waals surface area contributed by atoms with Crippen molar-refractivity contribution in [2.45, 2.75) is 11.3 Å². The quantitative estimate of drug-likeness (QED) is 0.765. The number of aliphatic imine (C=N–C) groups is 1. The minimum absolute atomic E-state index is 0.0361. The molecule has 2 aromatic carbocycles. The van der Waals surface area contributed by atoms with Crippen molar-refractivity contribution in [2.75, 3.05) is 16.4 Å². The molecule has 8 heteroatoms. The first-order valence-corrected chi connectivity index (χ1v) is 11.1. The summed E-state index contributed by atoms with van der Waals surface area (Å²) in [6.07, 6.45) is 0. The standard InChI is InChI=1S/C18H15ClN2O3S2/c19-13-8-4-5-9-14(13)21-15-10-26(23,24)11-16(15)25-18(21)20-17(22)12-6-2-1-3-7-12/h1-9,15-16H,10-11H2/t15-,16+/m0/s1. The van der Waals surface area contributed by atoms with E-state index in [4.69, 9.17) is 11.6 Å². The maximum Gasteiger partial charge on any atom is 0.279 e. The molecule has 0 saturated carbocycles. The molecule has 2 aliphatic rings. The summed E-state index contributed by atoms with van der Waals surface area (Å²) in [6.45, 7) is 0. The summed E-state index contributed by atoms with van der Waals surface area (Å²) in [5, 5.41) is 0.841. The van der Waals surface area contributed by atoms with Gasteiger partial charge in [-0.2, -0.15) is 4.99 Å². The predicted octanol–water partition coefficient (Wildman–Crippen LogP) is 3.26. The Hall–Kier alpha value is -1.83. The van der Waals surface area contributed by atoms with Gasteiger partial charge in [0.1, 0.15) is 0 Å². The summed E-state index contributed by atoms with van der Waals surface area (Å²) in [5.74, 6) is -0.232. The Bertz CT molecular complexity index is 993. The van der Waals surface area contributed by atoms with Gasteiger partial charge in [-0.1, -0.05) is 53.7 Å². The van der Waals surface area contributed by atoms with Crippen molar-refractivity contribution in [3.05, 3.63) is 65.2 Å². The van der Waals surface area contributed by atoms with E-state index in [1.807, 2.05) is 29.2 Å². The number of amidine groups is 1. The van der Waals surface area contributed by atoms with Crippen LogP contribution in [-0.2, 0) is 9.84 Å². The SMILES string of the molecule is O=C(N=C1S[C@@H]2CS(=O)(=O)C[C@@H]2N1c1ccccc1Cl)c1ccccc1. The fourth-order valence-electron chi connectivity index (χ4n) is 3.23. The smallest absolute Gasteiger partial charge is 0.279 e. The zero-order valence-electron chi connectivity index (χ0n) is 13.6. The number of benzene rings is 2. The minimum atomic E-state index is -3.11. The van der Waals surface area contributed by atoms with Gasteiger partial charge in [0.25, 0.3) is 5.91 Å². The van der Waals surface area contributed by atoms with Gasteiger partial charge in [-0.15, -0.1) is 0 Å². The van der Waals surface area contributed by atoms with Crippen LogP contribution in [0.1, 0.15) is 10.4 Å². The third kappa shape index (κ3) is 3.26. The number of thioether (sulfide) groups is 1. The van der Waals surface area contributed by atoms with Gasteiger partial charge in [0.05, 0.1) is 28.3 Å². The summed E-state index contributed by atoms with van der Waals surface area (Å²) in [5.41, 5.74) is 1.16. The molecule has 0 radical (unpaired) electrons. The van der Waals surface area contributed by atoms with Crippen LogP contribution in [0.2, 0.25) is 5.02 Å². The second-order valence-electron chi connectivity index (χ2n) is 6.19. The molecule has 134 valence electrons. The zero-order chi connectivity index (χ0) is 18.3. The van der Waals surface area contributed by atoms with Crippen LogP contribution in [-0.4, -0.2) is 42.3 Å². The monoisotopic (exact) mass is 406 g/mol. The first-order chi connectivity index (χ1) is 12.4. The molecule has 1 amide bonds. The Morgan fingerprint density at radius 3 is 2.50 bits per heavy atom. The highest BCUT2D eigenvalue weighted by Crippen LogP contribution is 2.43. The predicted molar refractivity (Wildman–Crippen MR) is 106 cm³/mol. The second-order valence-corrected chi connectivity index (χ2v) is 9.95. The van der Waals surface area contributed by atoms with E-state index in [1.54, 1.807) is 30.3 Å². The van der Waals surface area contributed by atoms with Crippen molar-refractivity contribution in [3.63, 3.8) is 0 Å². The molecule has 2 aliphatic heterocycles. The molecule has 0 N–H and O–H groups in total. The number of halogens is 1. The summed E-state index contributed by atoms with van der Waals surface area (Å²) < 4.78 is 24.2. The van der Waals surface area contributed by atoms with Gasteiger partial charge in [-0.25, -0.2) is 8.42 Å². The van der Waals surface area contributed by atoms with Crippen LogP contribution in [0.3, 0.4) is 0 Å². The van der Waals surface area contributed by atoms with Gasteiger partial charge in [-0.3, -0.25) is 4.79 Å². The van der Waals surface area contributed by atoms with Crippen LogP contribution in [0.5, 0.6) is 0 Å². The Morgan fingerprint density at radius 2 is 1.77 bits per heavy atom. The molecule has 0 bridgehead atoms. The van der Waals surface area contributed by atoms with Gasteiger partial charge in [0.15, 0.2) is 15.0 Å². The Balaban J connectivity index is 1.75. The van der Waals surface area contributed by atoms with E-state index >= 15 is 0 Å². The number of carbonyl (C=O) groups is 1. The van der Waals surface area contributed by atoms with Crippen LogP contribution in [0, 0.1) is 0 Å². The molecule has 2 heterocycles. The zero-order valence-corrected chi connectivity index (χ0v) is 16.0. The van der Waals surface area contributed by atoms with Crippen LogP contribution < -0.4 is 4.90 Å². The molecule has 2 atom stereocenters. The molecule has 0 aliphatic carbocycles. The van der Waals surface area contributed by atoms with E-state index in [2.05, 4.69) is 4.99 Å². The van der Waals surface area contributed by atoms with Crippen LogP contribution in [0.25, 0.3) is 0 Å². The summed E-state index contributed by atoms with van der Waals surface area (Å²) in [6, 6.07) is 15.7. The van der Waals surface area contributed by atoms with Crippen LogP contribution in [0.4, 0.5) is 5.69 Å². The Kier molecular flexibility index (Phi) is 4.54. The van der Waals surface area contributed by atoms with Crippen molar-refractivity contribution in [1.82, 2.24) is 0 Å². The number of nitrogens with zero attached hydrogens (tertiary/aromatic N) is 2. The Labute approximate surface area is 161 Å². The number of sulfone groups is 1. The van der Waals surface area contributed by atoms with Gasteiger partial charge >= 0.3 is 0 Å². The highest BCUT2D eigenvalue weighted by Gasteiger charge is 2.49. The van der Waals surface area contributed by atoms with Gasteiger partial charge in [0, 0.05) is 10.8 Å². The fourth-order valence-corrected chi connectivity index (χ4v) is 7.36. The number of rotatable bonds is 2. The third-order valence-corrected chi connectivity index (χ3v) is 7.93. The first-order valence-electron chi connectivity index (χ1n) is 8.03. The molecule has 0 spiro atoms. The minimum Gasteiger partial charge on any atom is -0.314 e. The highest BCUT2D eigenvalue weighted by molar-refractivity contribution is 8.16. The molecular weight excluding hydrogens is 392 g/mol. The maximum atomic E-state index is 12.5. The number of para-hydroxylation sites is 1. The topological polar surface area (TPSA) is 66.8 Å². The van der Waals surface area contributed by atoms with E-state index < -0.39 is 9.84 Å².